The molecule has 0 atom stereocenters. The Morgan fingerprint density at radius 1 is 0.906 bits per heavy atom. The maximum Gasteiger partial charge on any atom is 0.410 e. The number of carbonyl (C=O) groups excluding carboxylic acids is 2. The molecule has 0 saturated carbocycles. The first-order valence-corrected chi connectivity index (χ1v) is 11.2. The van der Waals surface area contributed by atoms with E-state index in [4.69, 9.17) is 27.9 Å². The molecule has 1 aliphatic rings. The van der Waals surface area contributed by atoms with E-state index in [1.165, 1.54) is 0 Å². The number of rotatable bonds is 2. The molecule has 32 heavy (non-hydrogen) atoms. The van der Waals surface area contributed by atoms with Crippen LogP contribution in [0.25, 0.3) is 16.6 Å². The zero-order valence-electron chi connectivity index (χ0n) is 18.3. The molecule has 1 saturated heterocycles. The largest absolute Gasteiger partial charge is 0.444 e. The molecule has 2 amide bonds. The summed E-state index contributed by atoms with van der Waals surface area (Å²) in [5.74, 6) is -0.166. The number of halogens is 2. The molecule has 0 unspecified atom stereocenters. The van der Waals surface area contributed by atoms with Crippen LogP contribution in [0.4, 0.5) is 4.79 Å². The number of para-hydroxylation sites is 1. The number of nitrogens with zero attached hydrogens (tertiary/aromatic N) is 3. The zero-order valence-corrected chi connectivity index (χ0v) is 19.8. The predicted molar refractivity (Wildman–Crippen MR) is 127 cm³/mol. The van der Waals surface area contributed by atoms with Gasteiger partial charge in [-0.3, -0.25) is 9.36 Å². The Morgan fingerprint density at radius 2 is 1.53 bits per heavy atom. The van der Waals surface area contributed by atoms with Gasteiger partial charge in [0.1, 0.15) is 10.8 Å². The molecule has 0 bridgehead atoms. The lowest BCUT2D eigenvalue weighted by Gasteiger charge is -2.35. The Kier molecular flexibility index (Phi) is 6.10. The molecular formula is C24H25Cl2N3O3. The normalized spacial score (nSPS) is 14.7. The van der Waals surface area contributed by atoms with Crippen molar-refractivity contribution in [1.82, 2.24) is 14.4 Å². The van der Waals surface area contributed by atoms with Gasteiger partial charge in [-0.1, -0.05) is 47.5 Å². The highest BCUT2D eigenvalue weighted by Crippen LogP contribution is 2.35. The molecule has 1 aliphatic heterocycles. The molecule has 3 aromatic rings. The van der Waals surface area contributed by atoms with Gasteiger partial charge in [0.05, 0.1) is 11.1 Å². The molecule has 0 radical (unpaired) electrons. The summed E-state index contributed by atoms with van der Waals surface area (Å²) in [6, 6.07) is 15.0. The standard InChI is InChI=1S/C24H25Cl2N3O3/c1-24(2,3)32-23(31)28-13-11-27(12-14-28)22(30)20-18-10-9-16(25)15-19(18)29(21(20)26)17-7-5-4-6-8-17/h4-10,15H,11-14H2,1-3H3. The van der Waals surface area contributed by atoms with E-state index in [2.05, 4.69) is 0 Å². The summed E-state index contributed by atoms with van der Waals surface area (Å²) in [7, 11) is 0. The summed E-state index contributed by atoms with van der Waals surface area (Å²) >= 11 is 13.1. The zero-order chi connectivity index (χ0) is 23.0. The maximum atomic E-state index is 13.5. The third-order valence-corrected chi connectivity index (χ3v) is 5.91. The molecule has 1 fully saturated rings. The van der Waals surface area contributed by atoms with Gasteiger partial charge >= 0.3 is 6.09 Å². The number of fused-ring (bicyclic) bond motifs is 1. The molecule has 0 N–H and O–H groups in total. The summed E-state index contributed by atoms with van der Waals surface area (Å²) < 4.78 is 7.28. The predicted octanol–water partition coefficient (Wildman–Crippen LogP) is 5.63. The van der Waals surface area contributed by atoms with E-state index in [1.807, 2.05) is 67.8 Å². The Morgan fingerprint density at radius 3 is 2.16 bits per heavy atom. The van der Waals surface area contributed by atoms with Gasteiger partial charge in [0.15, 0.2) is 0 Å². The summed E-state index contributed by atoms with van der Waals surface area (Å²) in [6.45, 7) is 7.12. The van der Waals surface area contributed by atoms with Crippen LogP contribution in [-0.4, -0.2) is 58.1 Å². The van der Waals surface area contributed by atoms with E-state index in [1.54, 1.807) is 15.9 Å². The van der Waals surface area contributed by atoms with Crippen LogP contribution in [0.2, 0.25) is 10.2 Å². The minimum Gasteiger partial charge on any atom is -0.444 e. The Bertz CT molecular complexity index is 1160. The molecule has 8 heteroatoms. The first-order chi connectivity index (χ1) is 15.2. The van der Waals surface area contributed by atoms with Crippen LogP contribution in [-0.2, 0) is 4.74 Å². The van der Waals surface area contributed by atoms with Crippen LogP contribution in [0.5, 0.6) is 0 Å². The van der Waals surface area contributed by atoms with E-state index >= 15 is 0 Å². The number of hydrogen-bond donors (Lipinski definition) is 0. The number of hydrogen-bond acceptors (Lipinski definition) is 3. The number of aromatic nitrogens is 1. The van der Waals surface area contributed by atoms with Crippen LogP contribution < -0.4 is 0 Å². The third-order valence-electron chi connectivity index (χ3n) is 5.32. The lowest BCUT2D eigenvalue weighted by Crippen LogP contribution is -2.51. The van der Waals surface area contributed by atoms with Crippen molar-refractivity contribution < 1.29 is 14.3 Å². The topological polar surface area (TPSA) is 54.8 Å². The fraction of sp³-hybridized carbons (Fsp3) is 0.333. The van der Waals surface area contributed by atoms with Crippen LogP contribution in [0.3, 0.4) is 0 Å². The van der Waals surface area contributed by atoms with E-state index in [-0.39, 0.29) is 12.0 Å². The van der Waals surface area contributed by atoms with Crippen molar-refractivity contribution in [3.63, 3.8) is 0 Å². The Balaban J connectivity index is 1.63. The average Bonchev–Trinajstić information content (AvgIpc) is 3.03. The van der Waals surface area contributed by atoms with Crippen LogP contribution in [0.1, 0.15) is 31.1 Å². The third kappa shape index (κ3) is 4.43. The SMILES string of the molecule is CC(C)(C)OC(=O)N1CCN(C(=O)c2c(Cl)n(-c3ccccc3)c3cc(Cl)ccc23)CC1. The van der Waals surface area contributed by atoms with E-state index in [9.17, 15) is 9.59 Å². The van der Waals surface area contributed by atoms with Gasteiger partial charge in [0.2, 0.25) is 0 Å². The van der Waals surface area contributed by atoms with Crippen molar-refractivity contribution in [3.05, 3.63) is 64.3 Å². The monoisotopic (exact) mass is 473 g/mol. The summed E-state index contributed by atoms with van der Waals surface area (Å²) in [6.07, 6.45) is -0.363. The maximum absolute atomic E-state index is 13.5. The molecule has 0 spiro atoms. The van der Waals surface area contributed by atoms with Crippen molar-refractivity contribution in [1.29, 1.82) is 0 Å². The van der Waals surface area contributed by atoms with Crippen molar-refractivity contribution in [2.45, 2.75) is 26.4 Å². The second-order valence-electron chi connectivity index (χ2n) is 8.76. The van der Waals surface area contributed by atoms with Gasteiger partial charge in [0, 0.05) is 42.3 Å². The van der Waals surface area contributed by atoms with Crippen molar-refractivity contribution in [2.24, 2.45) is 0 Å². The quantitative estimate of drug-likeness (QED) is 0.484. The van der Waals surface area contributed by atoms with Crippen LogP contribution in [0.15, 0.2) is 48.5 Å². The summed E-state index contributed by atoms with van der Waals surface area (Å²) in [5.41, 5.74) is 1.49. The number of amides is 2. The molecule has 2 aromatic carbocycles. The fourth-order valence-electron chi connectivity index (χ4n) is 3.84. The highest BCUT2D eigenvalue weighted by molar-refractivity contribution is 6.36. The number of benzene rings is 2. The number of piperazine rings is 1. The number of ether oxygens (including phenoxy) is 1. The minimum atomic E-state index is -0.557. The number of carbonyl (C=O) groups is 2. The lowest BCUT2D eigenvalue weighted by molar-refractivity contribution is 0.0141. The highest BCUT2D eigenvalue weighted by Gasteiger charge is 2.31. The first kappa shape index (κ1) is 22.5. The minimum absolute atomic E-state index is 0.166. The van der Waals surface area contributed by atoms with Gasteiger partial charge in [-0.2, -0.15) is 0 Å². The smallest absolute Gasteiger partial charge is 0.410 e. The fourth-order valence-corrected chi connectivity index (χ4v) is 4.38. The van der Waals surface area contributed by atoms with Gasteiger partial charge in [-0.05, 0) is 45.0 Å². The molecule has 0 aliphatic carbocycles. The molecule has 6 nitrogen and oxygen atoms in total. The highest BCUT2D eigenvalue weighted by atomic mass is 35.5. The van der Waals surface area contributed by atoms with Crippen molar-refractivity contribution >= 4 is 46.1 Å². The van der Waals surface area contributed by atoms with Crippen molar-refractivity contribution in [3.8, 4) is 5.69 Å². The lowest BCUT2D eigenvalue weighted by atomic mass is 10.1. The van der Waals surface area contributed by atoms with Crippen molar-refractivity contribution in [2.75, 3.05) is 26.2 Å². The van der Waals surface area contributed by atoms with Crippen LogP contribution in [0, 0.1) is 0 Å². The second-order valence-corrected chi connectivity index (χ2v) is 9.55. The first-order valence-electron chi connectivity index (χ1n) is 10.5. The van der Waals surface area contributed by atoms with E-state index in [0.29, 0.717) is 41.9 Å². The summed E-state index contributed by atoms with van der Waals surface area (Å²) in [4.78, 5) is 29.2. The van der Waals surface area contributed by atoms with Gasteiger partial charge in [0.25, 0.3) is 5.91 Å². The molecule has 4 rings (SSSR count). The molecular weight excluding hydrogens is 449 g/mol. The van der Waals surface area contributed by atoms with E-state index < -0.39 is 5.60 Å². The average molecular weight is 474 g/mol. The van der Waals surface area contributed by atoms with E-state index in [0.717, 1.165) is 16.6 Å². The Hall–Kier alpha value is -2.70. The Labute approximate surface area is 197 Å². The van der Waals surface area contributed by atoms with Gasteiger partial charge < -0.3 is 14.5 Å². The summed E-state index contributed by atoms with van der Waals surface area (Å²) in [5, 5.41) is 1.64. The second kappa shape index (κ2) is 8.68. The molecule has 168 valence electrons. The van der Waals surface area contributed by atoms with Gasteiger partial charge in [-0.25, -0.2) is 4.79 Å². The van der Waals surface area contributed by atoms with Crippen LogP contribution >= 0.6 is 23.2 Å². The molecule has 2 heterocycles. The van der Waals surface area contributed by atoms with Gasteiger partial charge in [-0.15, -0.1) is 0 Å². The molecule has 1 aromatic heterocycles.